The minimum absolute atomic E-state index is 0.136. The highest BCUT2D eigenvalue weighted by Gasteiger charge is 2.33. The molecule has 2 fully saturated rings. The molecule has 0 aliphatic carbocycles. The summed E-state index contributed by atoms with van der Waals surface area (Å²) in [5.74, 6) is 0. The molecule has 2 saturated heterocycles. The van der Waals surface area contributed by atoms with E-state index in [0.717, 1.165) is 25.4 Å². The second kappa shape index (κ2) is 5.48. The molecule has 0 bridgehead atoms. The van der Waals surface area contributed by atoms with Crippen LogP contribution < -0.4 is 0 Å². The molecule has 2 rings (SSSR count). The highest BCUT2D eigenvalue weighted by molar-refractivity contribution is 4.90. The van der Waals surface area contributed by atoms with Crippen molar-refractivity contribution in [3.63, 3.8) is 0 Å². The van der Waals surface area contributed by atoms with Crippen LogP contribution in [0.5, 0.6) is 0 Å². The second-order valence-electron chi connectivity index (χ2n) is 5.63. The molecule has 2 aliphatic rings. The Morgan fingerprint density at radius 1 is 1.38 bits per heavy atom. The molecule has 0 spiro atoms. The summed E-state index contributed by atoms with van der Waals surface area (Å²) in [5.41, 5.74) is 0. The first kappa shape index (κ1) is 12.3. The first-order valence-corrected chi connectivity index (χ1v) is 6.83. The zero-order chi connectivity index (χ0) is 11.5. The lowest BCUT2D eigenvalue weighted by atomic mass is 10.1. The summed E-state index contributed by atoms with van der Waals surface area (Å²) in [6, 6.07) is 1.52. The third-order valence-corrected chi connectivity index (χ3v) is 4.13. The van der Waals surface area contributed by atoms with Crippen molar-refractivity contribution in [2.24, 2.45) is 0 Å². The monoisotopic (exact) mass is 226 g/mol. The fourth-order valence-corrected chi connectivity index (χ4v) is 3.15. The van der Waals surface area contributed by atoms with Crippen molar-refractivity contribution in [3.05, 3.63) is 0 Å². The highest BCUT2D eigenvalue weighted by Crippen LogP contribution is 2.24. The second-order valence-corrected chi connectivity index (χ2v) is 5.63. The Hall–Kier alpha value is -0.120. The van der Waals surface area contributed by atoms with E-state index in [0.29, 0.717) is 6.04 Å². The average molecular weight is 226 g/mol. The van der Waals surface area contributed by atoms with Gasteiger partial charge in [0.2, 0.25) is 0 Å². The minimum Gasteiger partial charge on any atom is -0.393 e. The molecule has 0 aromatic heterocycles. The van der Waals surface area contributed by atoms with E-state index in [1.165, 1.54) is 32.5 Å². The summed E-state index contributed by atoms with van der Waals surface area (Å²) in [5, 5.41) is 9.27. The number of nitrogens with zero attached hydrogens (tertiary/aromatic N) is 2. The smallest absolute Gasteiger partial charge is 0.0512 e. The average Bonchev–Trinajstić information content (AvgIpc) is 2.64. The largest absolute Gasteiger partial charge is 0.393 e. The van der Waals surface area contributed by atoms with Gasteiger partial charge in [-0.3, -0.25) is 9.80 Å². The van der Waals surface area contributed by atoms with Crippen LogP contribution in [-0.2, 0) is 0 Å². The molecule has 2 heterocycles. The molecule has 1 N–H and O–H groups in total. The van der Waals surface area contributed by atoms with Crippen LogP contribution in [0.1, 0.15) is 39.5 Å². The maximum absolute atomic E-state index is 9.27. The van der Waals surface area contributed by atoms with Crippen molar-refractivity contribution in [3.8, 4) is 0 Å². The maximum Gasteiger partial charge on any atom is 0.0512 e. The predicted molar refractivity (Wildman–Crippen MR) is 66.5 cm³/mol. The zero-order valence-corrected chi connectivity index (χ0v) is 10.7. The van der Waals surface area contributed by atoms with Crippen molar-refractivity contribution in [1.82, 2.24) is 9.80 Å². The summed E-state index contributed by atoms with van der Waals surface area (Å²) in [6.45, 7) is 9.21. The minimum atomic E-state index is -0.136. The lowest BCUT2D eigenvalue weighted by molar-refractivity contribution is 0.0553. The van der Waals surface area contributed by atoms with Gasteiger partial charge in [-0.2, -0.15) is 0 Å². The summed E-state index contributed by atoms with van der Waals surface area (Å²) in [4.78, 5) is 5.28. The summed E-state index contributed by atoms with van der Waals surface area (Å²) >= 11 is 0. The first-order valence-electron chi connectivity index (χ1n) is 6.83. The third kappa shape index (κ3) is 2.96. The Kier molecular flexibility index (Phi) is 4.22. The van der Waals surface area contributed by atoms with Crippen LogP contribution >= 0.6 is 0 Å². The standard InChI is InChI=1S/C13H26N2O/c1-11-9-15-8-4-6-13(15)10-14(11)7-3-5-12(2)16/h11-13,16H,3-10H2,1-2H3. The fraction of sp³-hybridized carbons (Fsp3) is 1.00. The van der Waals surface area contributed by atoms with E-state index >= 15 is 0 Å². The molecular formula is C13H26N2O. The van der Waals surface area contributed by atoms with Gasteiger partial charge in [0.15, 0.2) is 0 Å². The Morgan fingerprint density at radius 2 is 2.19 bits per heavy atom. The van der Waals surface area contributed by atoms with Gasteiger partial charge < -0.3 is 5.11 Å². The number of aliphatic hydroxyl groups excluding tert-OH is 1. The topological polar surface area (TPSA) is 26.7 Å². The number of hydrogen-bond acceptors (Lipinski definition) is 3. The molecule has 2 aliphatic heterocycles. The molecule has 3 unspecified atom stereocenters. The van der Waals surface area contributed by atoms with Crippen LogP contribution in [0.25, 0.3) is 0 Å². The summed E-state index contributed by atoms with van der Waals surface area (Å²) in [6.07, 6.45) is 4.72. The molecule has 94 valence electrons. The fourth-order valence-electron chi connectivity index (χ4n) is 3.15. The van der Waals surface area contributed by atoms with Crippen LogP contribution in [-0.4, -0.2) is 59.3 Å². The van der Waals surface area contributed by atoms with Gasteiger partial charge in [-0.15, -0.1) is 0 Å². The van der Waals surface area contributed by atoms with Crippen LogP contribution in [0.3, 0.4) is 0 Å². The van der Waals surface area contributed by atoms with Crippen LogP contribution in [0.15, 0.2) is 0 Å². The molecule has 16 heavy (non-hydrogen) atoms. The number of aliphatic hydroxyl groups is 1. The van der Waals surface area contributed by atoms with Gasteiger partial charge in [0.1, 0.15) is 0 Å². The number of rotatable bonds is 4. The Bertz CT molecular complexity index is 220. The van der Waals surface area contributed by atoms with Crippen molar-refractivity contribution >= 4 is 0 Å². The van der Waals surface area contributed by atoms with E-state index in [4.69, 9.17) is 0 Å². The predicted octanol–water partition coefficient (Wildman–Crippen LogP) is 1.32. The van der Waals surface area contributed by atoms with Gasteiger partial charge in [0.25, 0.3) is 0 Å². The number of piperazine rings is 1. The van der Waals surface area contributed by atoms with E-state index in [9.17, 15) is 5.11 Å². The summed E-state index contributed by atoms with van der Waals surface area (Å²) in [7, 11) is 0. The molecule has 0 aromatic carbocycles. The first-order chi connectivity index (χ1) is 7.66. The van der Waals surface area contributed by atoms with Gasteiger partial charge in [-0.1, -0.05) is 0 Å². The molecule has 3 nitrogen and oxygen atoms in total. The number of fused-ring (bicyclic) bond motifs is 1. The van der Waals surface area contributed by atoms with E-state index in [2.05, 4.69) is 16.7 Å². The highest BCUT2D eigenvalue weighted by atomic mass is 16.3. The summed E-state index contributed by atoms with van der Waals surface area (Å²) < 4.78 is 0. The quantitative estimate of drug-likeness (QED) is 0.783. The van der Waals surface area contributed by atoms with E-state index < -0.39 is 0 Å². The molecule has 0 saturated carbocycles. The van der Waals surface area contributed by atoms with Gasteiger partial charge in [-0.05, 0) is 52.6 Å². The van der Waals surface area contributed by atoms with Crippen molar-refractivity contribution in [1.29, 1.82) is 0 Å². The lowest BCUT2D eigenvalue weighted by Gasteiger charge is -2.42. The molecular weight excluding hydrogens is 200 g/mol. The molecule has 3 atom stereocenters. The number of hydrogen-bond donors (Lipinski definition) is 1. The van der Waals surface area contributed by atoms with Crippen LogP contribution in [0, 0.1) is 0 Å². The van der Waals surface area contributed by atoms with Gasteiger partial charge in [-0.25, -0.2) is 0 Å². The van der Waals surface area contributed by atoms with Gasteiger partial charge in [0.05, 0.1) is 6.10 Å². The maximum atomic E-state index is 9.27. The van der Waals surface area contributed by atoms with E-state index in [-0.39, 0.29) is 6.10 Å². The van der Waals surface area contributed by atoms with E-state index in [1.807, 2.05) is 6.92 Å². The van der Waals surface area contributed by atoms with Crippen LogP contribution in [0.2, 0.25) is 0 Å². The molecule has 0 radical (unpaired) electrons. The van der Waals surface area contributed by atoms with Gasteiger partial charge >= 0.3 is 0 Å². The lowest BCUT2D eigenvalue weighted by Crippen LogP contribution is -2.55. The Morgan fingerprint density at radius 3 is 2.94 bits per heavy atom. The Labute approximate surface area is 99.4 Å². The van der Waals surface area contributed by atoms with Gasteiger partial charge in [0, 0.05) is 25.2 Å². The van der Waals surface area contributed by atoms with Crippen LogP contribution in [0.4, 0.5) is 0 Å². The normalized spacial score (nSPS) is 33.9. The Balaban J connectivity index is 1.76. The third-order valence-electron chi connectivity index (χ3n) is 4.13. The molecule has 3 heteroatoms. The van der Waals surface area contributed by atoms with Crippen molar-refractivity contribution < 1.29 is 5.11 Å². The zero-order valence-electron chi connectivity index (χ0n) is 10.7. The van der Waals surface area contributed by atoms with E-state index in [1.54, 1.807) is 0 Å². The van der Waals surface area contributed by atoms with Crippen molar-refractivity contribution in [2.45, 2.75) is 57.7 Å². The SMILES string of the molecule is CC(O)CCCN1CC2CCCN2CC1C. The molecule has 0 aromatic rings. The molecule has 0 amide bonds. The van der Waals surface area contributed by atoms with Crippen molar-refractivity contribution in [2.75, 3.05) is 26.2 Å².